The van der Waals surface area contributed by atoms with Gasteiger partial charge in [0.05, 0.1) is 17.9 Å². The molecule has 1 aromatic heterocycles. The Morgan fingerprint density at radius 3 is 2.83 bits per heavy atom. The van der Waals surface area contributed by atoms with E-state index in [9.17, 15) is 5.11 Å². The van der Waals surface area contributed by atoms with Crippen molar-refractivity contribution in [1.29, 1.82) is 0 Å². The Morgan fingerprint density at radius 1 is 1.50 bits per heavy atom. The predicted molar refractivity (Wildman–Crippen MR) is 71.6 cm³/mol. The molecule has 0 fully saturated rings. The number of aliphatic hydroxyl groups is 2. The van der Waals surface area contributed by atoms with Gasteiger partial charge in [0.15, 0.2) is 5.15 Å². The van der Waals surface area contributed by atoms with Gasteiger partial charge in [0.1, 0.15) is 5.82 Å². The van der Waals surface area contributed by atoms with Gasteiger partial charge in [-0.3, -0.25) is 0 Å². The number of imidazole rings is 1. The molecular formula is C12H22ClN3O2. The zero-order valence-corrected chi connectivity index (χ0v) is 11.7. The van der Waals surface area contributed by atoms with E-state index in [-0.39, 0.29) is 6.61 Å². The minimum atomic E-state index is -1.11. The third-order valence-electron chi connectivity index (χ3n) is 2.69. The first kappa shape index (κ1) is 15.4. The number of unbranched alkanes of at least 4 members (excludes halogenated alkanes) is 1. The van der Waals surface area contributed by atoms with Gasteiger partial charge >= 0.3 is 0 Å². The van der Waals surface area contributed by atoms with Crippen LogP contribution in [-0.4, -0.2) is 38.9 Å². The third-order valence-corrected chi connectivity index (χ3v) is 3.01. The first-order valence-electron chi connectivity index (χ1n) is 6.25. The number of halogens is 1. The number of aryl methyl sites for hydroxylation is 1. The van der Waals surface area contributed by atoms with Gasteiger partial charge in [-0.15, -0.1) is 0 Å². The van der Waals surface area contributed by atoms with Crippen LogP contribution in [0, 0.1) is 0 Å². The lowest BCUT2D eigenvalue weighted by atomic mass is 10.1. The molecule has 0 saturated heterocycles. The molecule has 0 aliphatic rings. The Morgan fingerprint density at radius 2 is 2.22 bits per heavy atom. The summed E-state index contributed by atoms with van der Waals surface area (Å²) < 4.78 is 0. The van der Waals surface area contributed by atoms with Crippen molar-refractivity contribution in [3.8, 4) is 0 Å². The van der Waals surface area contributed by atoms with E-state index in [1.807, 2.05) is 0 Å². The maximum absolute atomic E-state index is 9.62. The fourth-order valence-electron chi connectivity index (χ4n) is 1.53. The Labute approximate surface area is 113 Å². The molecule has 1 heterocycles. The van der Waals surface area contributed by atoms with E-state index in [2.05, 4.69) is 22.2 Å². The van der Waals surface area contributed by atoms with Gasteiger partial charge in [0, 0.05) is 19.5 Å². The molecule has 6 heteroatoms. The van der Waals surface area contributed by atoms with Gasteiger partial charge in [-0.2, -0.15) is 0 Å². The highest BCUT2D eigenvalue weighted by atomic mass is 35.5. The molecule has 0 amide bonds. The molecule has 0 saturated carbocycles. The molecule has 1 aromatic rings. The SMILES string of the molecule is CCCCc1nc(Cl)c(CNCC(C)(O)CO)[nH]1. The maximum atomic E-state index is 9.62. The monoisotopic (exact) mass is 275 g/mol. The number of aliphatic hydroxyl groups excluding tert-OH is 1. The number of aromatic nitrogens is 2. The first-order chi connectivity index (χ1) is 8.48. The van der Waals surface area contributed by atoms with Crippen molar-refractivity contribution >= 4 is 11.6 Å². The van der Waals surface area contributed by atoms with Crippen LogP contribution in [0.2, 0.25) is 5.15 Å². The van der Waals surface area contributed by atoms with E-state index in [0.717, 1.165) is 30.8 Å². The van der Waals surface area contributed by atoms with Gasteiger partial charge in [-0.25, -0.2) is 4.98 Å². The molecule has 0 aliphatic heterocycles. The van der Waals surface area contributed by atoms with Crippen LogP contribution in [0.15, 0.2) is 0 Å². The lowest BCUT2D eigenvalue weighted by Crippen LogP contribution is -2.40. The van der Waals surface area contributed by atoms with Crippen molar-refractivity contribution in [2.75, 3.05) is 13.2 Å². The highest BCUT2D eigenvalue weighted by Gasteiger charge is 2.18. The predicted octanol–water partition coefficient (Wildman–Crippen LogP) is 1.24. The minimum Gasteiger partial charge on any atom is -0.393 e. The van der Waals surface area contributed by atoms with E-state index < -0.39 is 5.60 Å². The summed E-state index contributed by atoms with van der Waals surface area (Å²) in [5.74, 6) is 0.896. The summed E-state index contributed by atoms with van der Waals surface area (Å²) in [5, 5.41) is 22.0. The average molecular weight is 276 g/mol. The molecule has 18 heavy (non-hydrogen) atoms. The highest BCUT2D eigenvalue weighted by Crippen LogP contribution is 2.14. The summed E-state index contributed by atoms with van der Waals surface area (Å²) >= 11 is 6.01. The molecule has 104 valence electrons. The second kappa shape index (κ2) is 7.09. The normalized spacial score (nSPS) is 14.7. The molecule has 4 N–H and O–H groups in total. The Bertz CT molecular complexity index is 366. The topological polar surface area (TPSA) is 81.2 Å². The second-order valence-corrected chi connectivity index (χ2v) is 5.17. The van der Waals surface area contributed by atoms with E-state index >= 15 is 0 Å². The zero-order chi connectivity index (χ0) is 13.6. The van der Waals surface area contributed by atoms with Gasteiger partial charge in [-0.05, 0) is 13.3 Å². The number of hydrogen-bond acceptors (Lipinski definition) is 4. The van der Waals surface area contributed by atoms with Crippen LogP contribution in [0.25, 0.3) is 0 Å². The lowest BCUT2D eigenvalue weighted by Gasteiger charge is -2.20. The summed E-state index contributed by atoms with van der Waals surface area (Å²) in [7, 11) is 0. The van der Waals surface area contributed by atoms with Crippen molar-refractivity contribution in [3.63, 3.8) is 0 Å². The molecule has 5 nitrogen and oxygen atoms in total. The van der Waals surface area contributed by atoms with Crippen LogP contribution >= 0.6 is 11.6 Å². The van der Waals surface area contributed by atoms with E-state index in [1.54, 1.807) is 6.92 Å². The fraction of sp³-hybridized carbons (Fsp3) is 0.750. The molecule has 0 radical (unpaired) electrons. The van der Waals surface area contributed by atoms with Crippen LogP contribution in [0.4, 0.5) is 0 Å². The largest absolute Gasteiger partial charge is 0.393 e. The molecule has 1 atom stereocenters. The number of aromatic amines is 1. The number of rotatable bonds is 8. The van der Waals surface area contributed by atoms with Gasteiger partial charge in [-0.1, -0.05) is 24.9 Å². The Hall–Kier alpha value is -0.620. The quantitative estimate of drug-likeness (QED) is 0.575. The summed E-state index contributed by atoms with van der Waals surface area (Å²) in [6.07, 6.45) is 3.09. The van der Waals surface area contributed by atoms with Crippen molar-refractivity contribution < 1.29 is 10.2 Å². The summed E-state index contributed by atoms with van der Waals surface area (Å²) in [6.45, 7) is 4.21. The highest BCUT2D eigenvalue weighted by molar-refractivity contribution is 6.30. The zero-order valence-electron chi connectivity index (χ0n) is 11.0. The number of hydrogen-bond donors (Lipinski definition) is 4. The van der Waals surface area contributed by atoms with E-state index in [1.165, 1.54) is 0 Å². The standard InChI is InChI=1S/C12H22ClN3O2/c1-3-4-5-10-15-9(11(13)16-10)6-14-7-12(2,18)8-17/h14,17-18H,3-8H2,1-2H3,(H,15,16). The molecule has 0 aliphatic carbocycles. The minimum absolute atomic E-state index is 0.279. The van der Waals surface area contributed by atoms with Crippen LogP contribution in [0.1, 0.15) is 38.2 Å². The summed E-state index contributed by atoms with van der Waals surface area (Å²) in [5.41, 5.74) is -0.297. The van der Waals surface area contributed by atoms with Crippen molar-refractivity contribution in [3.05, 3.63) is 16.7 Å². The number of nitrogens with one attached hydrogen (secondary N) is 2. The van der Waals surface area contributed by atoms with Gasteiger partial charge in [0.2, 0.25) is 0 Å². The lowest BCUT2D eigenvalue weighted by molar-refractivity contribution is 0.00249. The average Bonchev–Trinajstić information content (AvgIpc) is 2.67. The van der Waals surface area contributed by atoms with Crippen molar-refractivity contribution in [2.24, 2.45) is 0 Å². The van der Waals surface area contributed by atoms with Gasteiger partial charge < -0.3 is 20.5 Å². The number of H-pyrrole nitrogens is 1. The van der Waals surface area contributed by atoms with Crippen molar-refractivity contribution in [2.45, 2.75) is 45.3 Å². The fourth-order valence-corrected chi connectivity index (χ4v) is 1.75. The third kappa shape index (κ3) is 4.94. The molecule has 0 spiro atoms. The van der Waals surface area contributed by atoms with Crippen LogP contribution in [0.3, 0.4) is 0 Å². The van der Waals surface area contributed by atoms with Gasteiger partial charge in [0.25, 0.3) is 0 Å². The van der Waals surface area contributed by atoms with E-state index in [4.69, 9.17) is 16.7 Å². The molecule has 1 unspecified atom stereocenters. The Balaban J connectivity index is 2.44. The molecule has 0 bridgehead atoms. The first-order valence-corrected chi connectivity index (χ1v) is 6.63. The maximum Gasteiger partial charge on any atom is 0.151 e. The van der Waals surface area contributed by atoms with E-state index in [0.29, 0.717) is 18.2 Å². The molecule has 0 aromatic carbocycles. The number of nitrogens with zero attached hydrogens (tertiary/aromatic N) is 1. The Kier molecular flexibility index (Phi) is 6.08. The van der Waals surface area contributed by atoms with Crippen LogP contribution in [0.5, 0.6) is 0 Å². The van der Waals surface area contributed by atoms with Crippen LogP contribution in [-0.2, 0) is 13.0 Å². The van der Waals surface area contributed by atoms with Crippen molar-refractivity contribution in [1.82, 2.24) is 15.3 Å². The smallest absolute Gasteiger partial charge is 0.151 e. The van der Waals surface area contributed by atoms with Crippen LogP contribution < -0.4 is 5.32 Å². The summed E-state index contributed by atoms with van der Waals surface area (Å²) in [4.78, 5) is 7.41. The summed E-state index contributed by atoms with van der Waals surface area (Å²) in [6, 6.07) is 0. The molecule has 1 rings (SSSR count). The second-order valence-electron chi connectivity index (χ2n) is 4.82. The molecular weight excluding hydrogens is 254 g/mol.